The summed E-state index contributed by atoms with van der Waals surface area (Å²) in [4.78, 5) is 10.8. The van der Waals surface area contributed by atoms with E-state index in [4.69, 9.17) is 9.47 Å². The molecule has 1 aromatic rings. The van der Waals surface area contributed by atoms with E-state index in [-0.39, 0.29) is 0 Å². The van der Waals surface area contributed by atoms with E-state index in [0.717, 1.165) is 11.8 Å². The Balaban J connectivity index is 3.45. The SMILES string of the molecule is COc1cc(OC)c(C=O)c(Br)c1C. The molecule has 0 saturated carbocycles. The highest BCUT2D eigenvalue weighted by Gasteiger charge is 2.13. The number of halogens is 1. The Morgan fingerprint density at radius 1 is 1.29 bits per heavy atom. The fraction of sp³-hybridized carbons (Fsp3) is 0.300. The lowest BCUT2D eigenvalue weighted by Crippen LogP contribution is -1.97. The average molecular weight is 259 g/mol. The fourth-order valence-electron chi connectivity index (χ4n) is 1.21. The third-order valence-electron chi connectivity index (χ3n) is 2.02. The van der Waals surface area contributed by atoms with Crippen LogP contribution in [0.25, 0.3) is 0 Å². The maximum Gasteiger partial charge on any atom is 0.154 e. The zero-order valence-corrected chi connectivity index (χ0v) is 9.84. The summed E-state index contributed by atoms with van der Waals surface area (Å²) >= 11 is 3.33. The van der Waals surface area contributed by atoms with Crippen molar-refractivity contribution in [1.82, 2.24) is 0 Å². The summed E-state index contributed by atoms with van der Waals surface area (Å²) in [6, 6.07) is 1.70. The molecule has 14 heavy (non-hydrogen) atoms. The first-order chi connectivity index (χ1) is 6.65. The molecule has 4 heteroatoms. The lowest BCUT2D eigenvalue weighted by molar-refractivity contribution is 0.111. The Hall–Kier alpha value is -1.03. The van der Waals surface area contributed by atoms with Crippen molar-refractivity contribution in [3.63, 3.8) is 0 Å². The van der Waals surface area contributed by atoms with Crippen LogP contribution in [0.3, 0.4) is 0 Å². The summed E-state index contributed by atoms with van der Waals surface area (Å²) in [6.45, 7) is 1.87. The number of methoxy groups -OCH3 is 2. The van der Waals surface area contributed by atoms with Crippen molar-refractivity contribution in [2.75, 3.05) is 14.2 Å². The summed E-state index contributed by atoms with van der Waals surface area (Å²) in [5.74, 6) is 1.20. The van der Waals surface area contributed by atoms with Gasteiger partial charge in [0.05, 0.1) is 19.8 Å². The van der Waals surface area contributed by atoms with E-state index in [1.807, 2.05) is 6.92 Å². The van der Waals surface area contributed by atoms with Crippen LogP contribution in [0.15, 0.2) is 10.5 Å². The standard InChI is InChI=1S/C10H11BrO3/c1-6-8(13-2)4-9(14-3)7(5-12)10(6)11/h4-5H,1-3H3. The molecule has 1 rings (SSSR count). The van der Waals surface area contributed by atoms with Gasteiger partial charge in [-0.15, -0.1) is 0 Å². The maximum absolute atomic E-state index is 10.8. The third kappa shape index (κ3) is 1.75. The van der Waals surface area contributed by atoms with E-state index >= 15 is 0 Å². The summed E-state index contributed by atoms with van der Waals surface area (Å²) in [6.07, 6.45) is 0.759. The topological polar surface area (TPSA) is 35.5 Å². The molecule has 0 spiro atoms. The Labute approximate surface area is 91.1 Å². The molecule has 3 nitrogen and oxygen atoms in total. The molecule has 0 radical (unpaired) electrons. The van der Waals surface area contributed by atoms with Crippen molar-refractivity contribution in [2.24, 2.45) is 0 Å². The summed E-state index contributed by atoms with van der Waals surface area (Å²) < 4.78 is 10.9. The average Bonchev–Trinajstić information content (AvgIpc) is 2.21. The summed E-state index contributed by atoms with van der Waals surface area (Å²) in [7, 11) is 3.10. The molecule has 0 fully saturated rings. The minimum atomic E-state index is 0.505. The maximum atomic E-state index is 10.8. The van der Waals surface area contributed by atoms with Crippen molar-refractivity contribution < 1.29 is 14.3 Å². The minimum Gasteiger partial charge on any atom is -0.496 e. The molecule has 0 atom stereocenters. The van der Waals surface area contributed by atoms with Crippen LogP contribution in [0.2, 0.25) is 0 Å². The van der Waals surface area contributed by atoms with E-state index in [0.29, 0.717) is 21.5 Å². The van der Waals surface area contributed by atoms with Gasteiger partial charge in [0, 0.05) is 16.1 Å². The van der Waals surface area contributed by atoms with Gasteiger partial charge in [-0.2, -0.15) is 0 Å². The van der Waals surface area contributed by atoms with E-state index in [1.165, 1.54) is 7.11 Å². The second-order valence-corrected chi connectivity index (χ2v) is 3.54. The number of carbonyl (C=O) groups is 1. The van der Waals surface area contributed by atoms with Crippen molar-refractivity contribution in [3.8, 4) is 11.5 Å². The highest BCUT2D eigenvalue weighted by molar-refractivity contribution is 9.10. The molecule has 0 aliphatic heterocycles. The van der Waals surface area contributed by atoms with Crippen molar-refractivity contribution in [2.45, 2.75) is 6.92 Å². The molecule has 0 amide bonds. The third-order valence-corrected chi connectivity index (χ3v) is 3.04. The van der Waals surface area contributed by atoms with Crippen molar-refractivity contribution >= 4 is 22.2 Å². The predicted octanol–water partition coefficient (Wildman–Crippen LogP) is 2.59. The first-order valence-corrected chi connectivity index (χ1v) is 4.81. The van der Waals surface area contributed by atoms with Crippen LogP contribution in [0.1, 0.15) is 15.9 Å². The lowest BCUT2D eigenvalue weighted by atomic mass is 10.1. The fourth-order valence-corrected chi connectivity index (χ4v) is 1.70. The van der Waals surface area contributed by atoms with Gasteiger partial charge in [-0.05, 0) is 22.9 Å². The number of benzene rings is 1. The van der Waals surface area contributed by atoms with Crippen LogP contribution < -0.4 is 9.47 Å². The Bertz CT molecular complexity index is 361. The molecule has 0 N–H and O–H groups in total. The number of ether oxygens (including phenoxy) is 2. The normalized spacial score (nSPS) is 9.71. The van der Waals surface area contributed by atoms with Crippen LogP contribution in [-0.2, 0) is 0 Å². The zero-order valence-electron chi connectivity index (χ0n) is 8.26. The van der Waals surface area contributed by atoms with Gasteiger partial charge in [0.15, 0.2) is 6.29 Å². The van der Waals surface area contributed by atoms with Gasteiger partial charge >= 0.3 is 0 Å². The molecule has 0 saturated heterocycles. The van der Waals surface area contributed by atoms with Crippen molar-refractivity contribution in [3.05, 3.63) is 21.7 Å². The molecular formula is C10H11BrO3. The Morgan fingerprint density at radius 3 is 2.29 bits per heavy atom. The van der Waals surface area contributed by atoms with Gasteiger partial charge in [0.1, 0.15) is 11.5 Å². The molecule has 0 heterocycles. The van der Waals surface area contributed by atoms with Gasteiger partial charge < -0.3 is 9.47 Å². The van der Waals surface area contributed by atoms with Crippen LogP contribution in [0.4, 0.5) is 0 Å². The predicted molar refractivity (Wildman–Crippen MR) is 57.4 cm³/mol. The number of aldehydes is 1. The second kappa shape index (κ2) is 4.46. The monoisotopic (exact) mass is 258 g/mol. The minimum absolute atomic E-state index is 0.505. The first-order valence-electron chi connectivity index (χ1n) is 4.02. The van der Waals surface area contributed by atoms with Gasteiger partial charge in [0.2, 0.25) is 0 Å². The van der Waals surface area contributed by atoms with Crippen LogP contribution in [-0.4, -0.2) is 20.5 Å². The van der Waals surface area contributed by atoms with Crippen LogP contribution >= 0.6 is 15.9 Å². The van der Waals surface area contributed by atoms with E-state index in [9.17, 15) is 4.79 Å². The van der Waals surface area contributed by atoms with Crippen LogP contribution in [0.5, 0.6) is 11.5 Å². The highest BCUT2D eigenvalue weighted by Crippen LogP contribution is 2.35. The largest absolute Gasteiger partial charge is 0.496 e. The van der Waals surface area contributed by atoms with Gasteiger partial charge in [-0.3, -0.25) is 4.79 Å². The second-order valence-electron chi connectivity index (χ2n) is 2.75. The lowest BCUT2D eigenvalue weighted by Gasteiger charge is -2.12. The summed E-state index contributed by atoms with van der Waals surface area (Å²) in [5, 5.41) is 0. The smallest absolute Gasteiger partial charge is 0.154 e. The van der Waals surface area contributed by atoms with Gasteiger partial charge in [0.25, 0.3) is 0 Å². The van der Waals surface area contributed by atoms with Crippen LogP contribution in [0, 0.1) is 6.92 Å². The number of hydrogen-bond donors (Lipinski definition) is 0. The van der Waals surface area contributed by atoms with Crippen molar-refractivity contribution in [1.29, 1.82) is 0 Å². The molecular weight excluding hydrogens is 248 g/mol. The molecule has 0 unspecified atom stereocenters. The number of hydrogen-bond acceptors (Lipinski definition) is 3. The van der Waals surface area contributed by atoms with Gasteiger partial charge in [-0.1, -0.05) is 0 Å². The first kappa shape index (κ1) is 11.0. The van der Waals surface area contributed by atoms with E-state index in [1.54, 1.807) is 13.2 Å². The quantitative estimate of drug-likeness (QED) is 0.782. The number of rotatable bonds is 3. The zero-order chi connectivity index (χ0) is 10.7. The molecule has 76 valence electrons. The summed E-state index contributed by atoms with van der Waals surface area (Å²) in [5.41, 5.74) is 1.39. The molecule has 0 bridgehead atoms. The molecule has 0 aromatic heterocycles. The highest BCUT2D eigenvalue weighted by atomic mass is 79.9. The van der Waals surface area contributed by atoms with Gasteiger partial charge in [-0.25, -0.2) is 0 Å². The Kier molecular flexibility index (Phi) is 3.52. The van der Waals surface area contributed by atoms with E-state index < -0.39 is 0 Å². The Morgan fingerprint density at radius 2 is 1.86 bits per heavy atom. The number of carbonyl (C=O) groups excluding carboxylic acids is 1. The molecule has 0 aliphatic rings. The molecule has 1 aromatic carbocycles. The van der Waals surface area contributed by atoms with E-state index in [2.05, 4.69) is 15.9 Å². The molecule has 0 aliphatic carbocycles.